The molecule has 0 bridgehead atoms. The number of ether oxygens (including phenoxy) is 1. The van der Waals surface area contributed by atoms with Gasteiger partial charge in [0.15, 0.2) is 17.2 Å². The van der Waals surface area contributed by atoms with E-state index in [0.29, 0.717) is 28.2 Å². The van der Waals surface area contributed by atoms with E-state index in [1.807, 2.05) is 20.8 Å². The molecule has 0 radical (unpaired) electrons. The van der Waals surface area contributed by atoms with Crippen LogP contribution in [0.1, 0.15) is 31.9 Å². The highest BCUT2D eigenvalue weighted by atomic mass is 19.1. The summed E-state index contributed by atoms with van der Waals surface area (Å²) >= 11 is 0. The van der Waals surface area contributed by atoms with Crippen LogP contribution in [0.2, 0.25) is 0 Å². The minimum Gasteiger partial charge on any atom is -0.454 e. The van der Waals surface area contributed by atoms with Crippen LogP contribution in [0.15, 0.2) is 59.5 Å². The van der Waals surface area contributed by atoms with Crippen LogP contribution in [0.5, 0.6) is 11.5 Å². The molecule has 4 aromatic rings. The number of H-pyrrole nitrogens is 1. The first kappa shape index (κ1) is 19.4. The van der Waals surface area contributed by atoms with Crippen molar-refractivity contribution in [2.24, 2.45) is 0 Å². The summed E-state index contributed by atoms with van der Waals surface area (Å²) in [6.07, 6.45) is 1.57. The Morgan fingerprint density at radius 1 is 1.13 bits per heavy atom. The van der Waals surface area contributed by atoms with E-state index >= 15 is 0 Å². The molecule has 6 nitrogen and oxygen atoms in total. The summed E-state index contributed by atoms with van der Waals surface area (Å²) in [6.45, 7) is 5.98. The minimum absolute atomic E-state index is 0.0230. The van der Waals surface area contributed by atoms with Crippen LogP contribution in [0, 0.1) is 17.1 Å². The average molecular weight is 402 g/mol. The SMILES string of the molecule is CC(C)(C)c1cc(C#N)ccc1Oc1ccc(-n2c(=O)[nH]c3cccnc32)cc1F. The number of benzene rings is 2. The molecule has 0 aliphatic carbocycles. The lowest BCUT2D eigenvalue weighted by Gasteiger charge is -2.23. The standard InChI is InChI=1S/C23H19FN4O2/c1-23(2,3)16-11-14(13-25)6-8-19(16)30-20-9-7-15(12-17(20)24)28-21-18(27-22(28)29)5-4-10-26-21/h4-12H,1-3H3,(H,27,29). The Labute approximate surface area is 172 Å². The monoisotopic (exact) mass is 402 g/mol. The molecule has 0 amide bonds. The van der Waals surface area contributed by atoms with Crippen molar-refractivity contribution in [1.82, 2.24) is 14.5 Å². The predicted octanol–water partition coefficient (Wildman–Crippen LogP) is 4.81. The third kappa shape index (κ3) is 3.44. The highest BCUT2D eigenvalue weighted by Crippen LogP contribution is 2.36. The van der Waals surface area contributed by atoms with Gasteiger partial charge in [0.2, 0.25) is 0 Å². The van der Waals surface area contributed by atoms with Gasteiger partial charge in [-0.25, -0.2) is 18.7 Å². The van der Waals surface area contributed by atoms with Gasteiger partial charge >= 0.3 is 5.69 Å². The van der Waals surface area contributed by atoms with E-state index in [9.17, 15) is 14.4 Å². The molecule has 0 aliphatic heterocycles. The van der Waals surface area contributed by atoms with Gasteiger partial charge in [-0.1, -0.05) is 20.8 Å². The Morgan fingerprint density at radius 2 is 1.90 bits per heavy atom. The Bertz CT molecular complexity index is 1360. The van der Waals surface area contributed by atoms with E-state index in [-0.39, 0.29) is 11.2 Å². The molecule has 0 fully saturated rings. The predicted molar refractivity (Wildman–Crippen MR) is 112 cm³/mol. The summed E-state index contributed by atoms with van der Waals surface area (Å²) in [5, 5.41) is 9.18. The molecule has 2 aromatic carbocycles. The van der Waals surface area contributed by atoms with Crippen molar-refractivity contribution in [1.29, 1.82) is 5.26 Å². The third-order valence-corrected chi connectivity index (χ3v) is 4.75. The molecule has 30 heavy (non-hydrogen) atoms. The number of fused-ring (bicyclic) bond motifs is 1. The van der Waals surface area contributed by atoms with Crippen molar-refractivity contribution < 1.29 is 9.13 Å². The van der Waals surface area contributed by atoms with Gasteiger partial charge in [0.1, 0.15) is 5.75 Å². The molecular weight excluding hydrogens is 383 g/mol. The fourth-order valence-corrected chi connectivity index (χ4v) is 3.28. The van der Waals surface area contributed by atoms with Crippen molar-refractivity contribution in [3.05, 3.63) is 82.2 Å². The number of hydrogen-bond donors (Lipinski definition) is 1. The fraction of sp³-hybridized carbons (Fsp3) is 0.174. The molecule has 7 heteroatoms. The lowest BCUT2D eigenvalue weighted by Crippen LogP contribution is -2.15. The van der Waals surface area contributed by atoms with Crippen molar-refractivity contribution in [2.45, 2.75) is 26.2 Å². The molecule has 0 aliphatic rings. The van der Waals surface area contributed by atoms with Gasteiger partial charge in [-0.05, 0) is 47.9 Å². The van der Waals surface area contributed by atoms with Crippen LogP contribution < -0.4 is 10.4 Å². The molecule has 0 spiro atoms. The van der Waals surface area contributed by atoms with Crippen LogP contribution in [0.3, 0.4) is 0 Å². The topological polar surface area (TPSA) is 83.7 Å². The minimum atomic E-state index is -0.617. The van der Waals surface area contributed by atoms with Gasteiger partial charge in [0.25, 0.3) is 0 Å². The molecule has 4 rings (SSSR count). The number of imidazole rings is 1. The molecule has 2 aromatic heterocycles. The van der Waals surface area contributed by atoms with Crippen molar-refractivity contribution in [3.63, 3.8) is 0 Å². The zero-order chi connectivity index (χ0) is 21.5. The van der Waals surface area contributed by atoms with E-state index < -0.39 is 11.5 Å². The van der Waals surface area contributed by atoms with E-state index in [0.717, 1.165) is 5.56 Å². The number of nitrogens with one attached hydrogen (secondary N) is 1. The molecule has 0 unspecified atom stereocenters. The Kier molecular flexibility index (Phi) is 4.63. The summed E-state index contributed by atoms with van der Waals surface area (Å²) in [5.41, 5.74) is 1.91. The number of aromatic amines is 1. The van der Waals surface area contributed by atoms with E-state index in [4.69, 9.17) is 4.74 Å². The normalized spacial score (nSPS) is 11.4. The second-order valence-electron chi connectivity index (χ2n) is 7.93. The highest BCUT2D eigenvalue weighted by Gasteiger charge is 2.21. The molecule has 0 saturated heterocycles. The van der Waals surface area contributed by atoms with Crippen LogP contribution in [0.25, 0.3) is 16.9 Å². The van der Waals surface area contributed by atoms with Crippen LogP contribution in [0.4, 0.5) is 4.39 Å². The van der Waals surface area contributed by atoms with Gasteiger partial charge in [-0.15, -0.1) is 0 Å². The third-order valence-electron chi connectivity index (χ3n) is 4.75. The quantitative estimate of drug-likeness (QED) is 0.533. The van der Waals surface area contributed by atoms with Crippen LogP contribution in [-0.4, -0.2) is 14.5 Å². The Hall–Kier alpha value is -3.92. The number of rotatable bonds is 3. The fourth-order valence-electron chi connectivity index (χ4n) is 3.28. The van der Waals surface area contributed by atoms with Gasteiger partial charge in [0.05, 0.1) is 22.8 Å². The average Bonchev–Trinajstić information content (AvgIpc) is 3.04. The second kappa shape index (κ2) is 7.16. The number of hydrogen-bond acceptors (Lipinski definition) is 4. The lowest BCUT2D eigenvalue weighted by molar-refractivity contribution is 0.425. The first-order valence-electron chi connectivity index (χ1n) is 9.36. The number of halogens is 1. The summed E-state index contributed by atoms with van der Waals surface area (Å²) in [7, 11) is 0. The number of aromatic nitrogens is 3. The zero-order valence-corrected chi connectivity index (χ0v) is 16.7. The van der Waals surface area contributed by atoms with Crippen molar-refractivity contribution in [3.8, 4) is 23.3 Å². The highest BCUT2D eigenvalue weighted by molar-refractivity contribution is 5.72. The molecule has 2 heterocycles. The van der Waals surface area contributed by atoms with E-state index in [2.05, 4.69) is 16.0 Å². The maximum atomic E-state index is 14.9. The molecular formula is C23H19FN4O2. The van der Waals surface area contributed by atoms with Crippen molar-refractivity contribution >= 4 is 11.2 Å². The first-order valence-corrected chi connectivity index (χ1v) is 9.36. The molecule has 150 valence electrons. The zero-order valence-electron chi connectivity index (χ0n) is 16.7. The molecule has 0 saturated carbocycles. The smallest absolute Gasteiger partial charge is 0.332 e. The maximum absolute atomic E-state index is 14.9. The second-order valence-corrected chi connectivity index (χ2v) is 7.93. The van der Waals surface area contributed by atoms with E-state index in [1.54, 1.807) is 42.6 Å². The van der Waals surface area contributed by atoms with Crippen molar-refractivity contribution in [2.75, 3.05) is 0 Å². The summed E-state index contributed by atoms with van der Waals surface area (Å²) in [4.78, 5) is 19.2. The van der Waals surface area contributed by atoms with Crippen LogP contribution >= 0.6 is 0 Å². The van der Waals surface area contributed by atoms with E-state index in [1.165, 1.54) is 16.7 Å². The molecule has 1 N–H and O–H groups in total. The first-order chi connectivity index (χ1) is 14.3. The maximum Gasteiger partial charge on any atom is 0.332 e. The largest absolute Gasteiger partial charge is 0.454 e. The molecule has 0 atom stereocenters. The Balaban J connectivity index is 1.75. The number of nitriles is 1. The van der Waals surface area contributed by atoms with Gasteiger partial charge < -0.3 is 9.72 Å². The summed E-state index contributed by atoms with van der Waals surface area (Å²) in [5.74, 6) is -0.122. The summed E-state index contributed by atoms with van der Waals surface area (Å²) in [6, 6.07) is 14.9. The van der Waals surface area contributed by atoms with Gasteiger partial charge in [-0.3, -0.25) is 0 Å². The van der Waals surface area contributed by atoms with Crippen LogP contribution in [-0.2, 0) is 5.41 Å². The number of pyridine rings is 1. The lowest BCUT2D eigenvalue weighted by atomic mass is 9.85. The van der Waals surface area contributed by atoms with Gasteiger partial charge in [0, 0.05) is 17.8 Å². The number of nitrogens with zero attached hydrogens (tertiary/aromatic N) is 3. The Morgan fingerprint density at radius 3 is 2.60 bits per heavy atom. The van der Waals surface area contributed by atoms with Gasteiger partial charge in [-0.2, -0.15) is 5.26 Å². The summed E-state index contributed by atoms with van der Waals surface area (Å²) < 4.78 is 22.1.